The maximum absolute atomic E-state index is 10.6. The van der Waals surface area contributed by atoms with Crippen LogP contribution in [0.2, 0.25) is 0 Å². The van der Waals surface area contributed by atoms with E-state index in [0.29, 0.717) is 0 Å². The number of rotatable bonds is 3. The van der Waals surface area contributed by atoms with Crippen LogP contribution >= 0.6 is 0 Å². The SMILES string of the molecule is CC(=O)CC(=O)O[CH](C)[Fe]. The molecule has 0 rings (SSSR count). The van der Waals surface area contributed by atoms with E-state index in [9.17, 15) is 9.59 Å². The zero-order valence-electron chi connectivity index (χ0n) is 5.86. The third-order valence-electron chi connectivity index (χ3n) is 0.684. The molecule has 0 aliphatic carbocycles. The molecule has 0 heterocycles. The van der Waals surface area contributed by atoms with Gasteiger partial charge in [-0.3, -0.25) is 0 Å². The quantitative estimate of drug-likeness (QED) is 0.363. The molecule has 0 N–H and O–H groups in total. The Labute approximate surface area is 67.9 Å². The van der Waals surface area contributed by atoms with Crippen LogP contribution in [-0.4, -0.2) is 16.8 Å². The molecule has 4 heteroatoms. The third-order valence-corrected chi connectivity index (χ3v) is 0.814. The summed E-state index contributed by atoms with van der Waals surface area (Å²) < 4.78 is 4.59. The van der Waals surface area contributed by atoms with E-state index < -0.39 is 5.97 Å². The van der Waals surface area contributed by atoms with Gasteiger partial charge < -0.3 is 0 Å². The van der Waals surface area contributed by atoms with Gasteiger partial charge in [-0.15, -0.1) is 0 Å². The Bertz CT molecular complexity index is 142. The van der Waals surface area contributed by atoms with Crippen LogP contribution in [0.5, 0.6) is 0 Å². The molecule has 0 fully saturated rings. The molecule has 0 spiro atoms. The van der Waals surface area contributed by atoms with Gasteiger partial charge in [0.15, 0.2) is 0 Å². The first-order valence-corrected chi connectivity index (χ1v) is 3.47. The Morgan fingerprint density at radius 3 is 2.40 bits per heavy atom. The van der Waals surface area contributed by atoms with Crippen molar-refractivity contribution in [1.82, 2.24) is 0 Å². The summed E-state index contributed by atoms with van der Waals surface area (Å²) in [6.07, 6.45) is -0.153. The van der Waals surface area contributed by atoms with Crippen LogP contribution in [0, 0.1) is 0 Å². The van der Waals surface area contributed by atoms with Gasteiger partial charge in [0, 0.05) is 0 Å². The summed E-state index contributed by atoms with van der Waals surface area (Å²) in [6, 6.07) is 0. The van der Waals surface area contributed by atoms with Gasteiger partial charge in [-0.05, 0) is 0 Å². The minimum atomic E-state index is -0.505. The fraction of sp³-hybridized carbons (Fsp3) is 0.667. The van der Waals surface area contributed by atoms with Gasteiger partial charge in [0.25, 0.3) is 0 Å². The van der Waals surface area contributed by atoms with Crippen molar-refractivity contribution in [2.24, 2.45) is 0 Å². The molecule has 1 unspecified atom stereocenters. The van der Waals surface area contributed by atoms with Crippen molar-refractivity contribution in [2.45, 2.75) is 25.3 Å². The summed E-state index contributed by atoms with van der Waals surface area (Å²) in [5.41, 5.74) is 0. The van der Waals surface area contributed by atoms with Gasteiger partial charge in [-0.1, -0.05) is 0 Å². The topological polar surface area (TPSA) is 43.4 Å². The molecule has 1 atom stereocenters. The summed E-state index contributed by atoms with van der Waals surface area (Å²) in [7, 11) is 0. The molecule has 59 valence electrons. The monoisotopic (exact) mass is 185 g/mol. The van der Waals surface area contributed by atoms with Crippen molar-refractivity contribution < 1.29 is 30.3 Å². The Morgan fingerprint density at radius 1 is 1.60 bits per heavy atom. The first-order chi connectivity index (χ1) is 4.52. The molecule has 0 aromatic rings. The fourth-order valence-corrected chi connectivity index (χ4v) is 0.568. The van der Waals surface area contributed by atoms with E-state index in [4.69, 9.17) is 0 Å². The molecule has 0 aliphatic rings. The molecular formula is C6H9FeO3. The summed E-state index contributed by atoms with van der Waals surface area (Å²) in [6.45, 7) is 2.98. The Hall–Kier alpha value is -0.341. The van der Waals surface area contributed by atoms with E-state index in [-0.39, 0.29) is 17.2 Å². The molecule has 10 heavy (non-hydrogen) atoms. The molecule has 0 amide bonds. The van der Waals surface area contributed by atoms with Gasteiger partial charge in [0.1, 0.15) is 0 Å². The van der Waals surface area contributed by atoms with Crippen LogP contribution in [-0.2, 0) is 30.3 Å². The van der Waals surface area contributed by atoms with Crippen molar-refractivity contribution in [3.8, 4) is 0 Å². The van der Waals surface area contributed by atoms with Crippen LogP contribution in [0.3, 0.4) is 0 Å². The number of ether oxygens (including phenoxy) is 1. The van der Waals surface area contributed by atoms with Crippen LogP contribution < -0.4 is 0 Å². The summed E-state index contributed by atoms with van der Waals surface area (Å²) in [5.74, 6) is -0.694. The molecule has 0 bridgehead atoms. The Kier molecular flexibility index (Phi) is 4.32. The Morgan fingerprint density at radius 2 is 2.10 bits per heavy atom. The van der Waals surface area contributed by atoms with Crippen molar-refractivity contribution in [2.75, 3.05) is 0 Å². The van der Waals surface area contributed by atoms with Gasteiger partial charge in [0.05, 0.1) is 0 Å². The predicted octanol–water partition coefficient (Wildman–Crippen LogP) is 0.402. The first-order valence-electron chi connectivity index (χ1n) is 2.84. The average molecular weight is 185 g/mol. The Balaban J connectivity index is 3.54. The normalized spacial score (nSPS) is 12.3. The van der Waals surface area contributed by atoms with Crippen molar-refractivity contribution in [3.63, 3.8) is 0 Å². The van der Waals surface area contributed by atoms with Gasteiger partial charge in [0.2, 0.25) is 0 Å². The predicted molar refractivity (Wildman–Crippen MR) is 30.9 cm³/mol. The van der Waals surface area contributed by atoms with E-state index in [0.717, 1.165) is 0 Å². The molecule has 0 radical (unpaired) electrons. The van der Waals surface area contributed by atoms with Crippen LogP contribution in [0.25, 0.3) is 0 Å². The number of hydrogen-bond acceptors (Lipinski definition) is 3. The number of carbonyl (C=O) groups excluding carboxylic acids is 2. The van der Waals surface area contributed by atoms with Crippen LogP contribution in [0.15, 0.2) is 0 Å². The molecule has 0 aromatic carbocycles. The standard InChI is InChI=1S/C6H9O3.Fe/c1-3-9-6(8)4-5(2)7;/h3H,4H2,1-2H3;. The van der Waals surface area contributed by atoms with Gasteiger partial charge in [-0.2, -0.15) is 0 Å². The number of esters is 1. The second kappa shape index (κ2) is 4.47. The summed E-state index contributed by atoms with van der Waals surface area (Å²) in [5, 5.41) is -0.383. The second-order valence-electron chi connectivity index (χ2n) is 1.89. The fourth-order valence-electron chi connectivity index (χ4n) is 0.423. The molecular weight excluding hydrogens is 176 g/mol. The number of ketones is 1. The zero-order chi connectivity index (χ0) is 8.15. The first kappa shape index (κ1) is 9.66. The van der Waals surface area contributed by atoms with E-state index in [1.165, 1.54) is 6.92 Å². The van der Waals surface area contributed by atoms with Gasteiger partial charge >= 0.3 is 67.4 Å². The second-order valence-corrected chi connectivity index (χ2v) is 2.79. The van der Waals surface area contributed by atoms with E-state index in [2.05, 4.69) is 20.7 Å². The molecule has 0 aliphatic heterocycles. The summed E-state index contributed by atoms with van der Waals surface area (Å²) >= 11 is 3.43. The number of carbonyl (C=O) groups is 2. The van der Waals surface area contributed by atoms with Crippen molar-refractivity contribution in [1.29, 1.82) is 0 Å². The van der Waals surface area contributed by atoms with Crippen molar-refractivity contribution in [3.05, 3.63) is 0 Å². The van der Waals surface area contributed by atoms with E-state index >= 15 is 0 Å². The molecule has 0 aromatic heterocycles. The molecule has 0 saturated heterocycles. The average Bonchev–Trinajstić information content (AvgIpc) is 1.58. The van der Waals surface area contributed by atoms with Crippen molar-refractivity contribution >= 4 is 11.8 Å². The number of hydrogen-bond donors (Lipinski definition) is 0. The minimum absolute atomic E-state index is 0.153. The molecule has 0 saturated carbocycles. The van der Waals surface area contributed by atoms with E-state index in [1.807, 2.05) is 0 Å². The summed E-state index contributed by atoms with van der Waals surface area (Å²) in [4.78, 5) is 20.9. The van der Waals surface area contributed by atoms with Crippen LogP contribution in [0.4, 0.5) is 0 Å². The van der Waals surface area contributed by atoms with Crippen LogP contribution in [0.1, 0.15) is 20.3 Å². The third kappa shape index (κ3) is 5.79. The van der Waals surface area contributed by atoms with E-state index in [1.54, 1.807) is 6.92 Å². The molecule has 3 nitrogen and oxygen atoms in total. The zero-order valence-corrected chi connectivity index (χ0v) is 6.97. The maximum atomic E-state index is 10.6. The number of Topliss-reactive ketones (excluding diaryl/α,β-unsaturated/α-hetero) is 1. The van der Waals surface area contributed by atoms with Gasteiger partial charge in [-0.25, -0.2) is 0 Å².